The van der Waals surface area contributed by atoms with Gasteiger partial charge < -0.3 is 15.2 Å². The van der Waals surface area contributed by atoms with Crippen molar-refractivity contribution in [3.8, 4) is 11.1 Å². The van der Waals surface area contributed by atoms with Crippen molar-refractivity contribution >= 4 is 22.5 Å². The maximum absolute atomic E-state index is 12.7. The molecule has 0 saturated heterocycles. The summed E-state index contributed by atoms with van der Waals surface area (Å²) in [4.78, 5) is 24.8. The fourth-order valence-corrected chi connectivity index (χ4v) is 5.17. The largest absolute Gasteiger partial charge is 0.335 e. The third-order valence-corrected chi connectivity index (χ3v) is 7.00. The average Bonchev–Trinajstić information content (AvgIpc) is 3.55. The van der Waals surface area contributed by atoms with Crippen LogP contribution in [0.15, 0.2) is 59.5 Å². The van der Waals surface area contributed by atoms with Crippen molar-refractivity contribution in [2.75, 3.05) is 5.32 Å². The smallest absolute Gasteiger partial charge is 0.319 e. The molecule has 5 heteroatoms. The topological polar surface area (TPSA) is 63.1 Å². The molecule has 2 atom stereocenters. The van der Waals surface area contributed by atoms with Crippen molar-refractivity contribution in [3.05, 3.63) is 65.1 Å². The van der Waals surface area contributed by atoms with E-state index in [1.807, 2.05) is 42.5 Å². The van der Waals surface area contributed by atoms with E-state index < -0.39 is 0 Å². The minimum Gasteiger partial charge on any atom is -0.335 e. The molecule has 2 aromatic carbocycles. The number of carbonyl (C=O) groups is 1. The van der Waals surface area contributed by atoms with E-state index in [0.29, 0.717) is 12.0 Å². The van der Waals surface area contributed by atoms with E-state index in [4.69, 9.17) is 0 Å². The van der Waals surface area contributed by atoms with Gasteiger partial charge in [0.25, 0.3) is 5.56 Å². The molecule has 2 saturated carbocycles. The highest BCUT2D eigenvalue weighted by atomic mass is 16.2. The Bertz CT molecular complexity index is 1180. The molecule has 1 aromatic heterocycles. The zero-order valence-corrected chi connectivity index (χ0v) is 17.9. The molecule has 5 rings (SSSR count). The van der Waals surface area contributed by atoms with Crippen LogP contribution in [0.1, 0.15) is 38.5 Å². The first-order chi connectivity index (χ1) is 15.1. The monoisotopic (exact) mass is 415 g/mol. The molecule has 0 spiro atoms. The van der Waals surface area contributed by atoms with Crippen LogP contribution in [0.4, 0.5) is 10.5 Å². The number of benzene rings is 2. The second kappa shape index (κ2) is 8.22. The summed E-state index contributed by atoms with van der Waals surface area (Å²) in [6.45, 7) is 0. The van der Waals surface area contributed by atoms with Gasteiger partial charge in [0.2, 0.25) is 0 Å². The predicted molar refractivity (Wildman–Crippen MR) is 125 cm³/mol. The maximum Gasteiger partial charge on any atom is 0.319 e. The van der Waals surface area contributed by atoms with E-state index in [1.165, 1.54) is 32.1 Å². The van der Waals surface area contributed by atoms with Gasteiger partial charge in [-0.2, -0.15) is 0 Å². The Hall–Kier alpha value is -3.08. The first-order valence-electron chi connectivity index (χ1n) is 11.4. The minimum absolute atomic E-state index is 0.0416. The summed E-state index contributed by atoms with van der Waals surface area (Å²) in [6.07, 6.45) is 9.57. The molecular weight excluding hydrogens is 386 g/mol. The summed E-state index contributed by atoms with van der Waals surface area (Å²) in [7, 11) is 1.74. The zero-order valence-electron chi connectivity index (χ0n) is 17.9. The lowest BCUT2D eigenvalue weighted by Crippen LogP contribution is -2.32. The number of carbonyl (C=O) groups excluding carboxylic acids is 1. The second-order valence-electron chi connectivity index (χ2n) is 9.07. The van der Waals surface area contributed by atoms with E-state index >= 15 is 0 Å². The van der Waals surface area contributed by atoms with Gasteiger partial charge >= 0.3 is 6.03 Å². The van der Waals surface area contributed by atoms with Crippen LogP contribution in [0, 0.1) is 11.8 Å². The molecule has 2 unspecified atom stereocenters. The number of aryl methyl sites for hydroxylation is 1. The van der Waals surface area contributed by atoms with Crippen molar-refractivity contribution in [3.63, 3.8) is 0 Å². The summed E-state index contributed by atoms with van der Waals surface area (Å²) in [5, 5.41) is 8.23. The Morgan fingerprint density at radius 3 is 2.55 bits per heavy atom. The predicted octanol–water partition coefficient (Wildman–Crippen LogP) is 5.30. The number of anilines is 1. The Balaban J connectivity index is 1.34. The maximum atomic E-state index is 12.7. The number of urea groups is 1. The highest BCUT2D eigenvalue weighted by Crippen LogP contribution is 2.44. The van der Waals surface area contributed by atoms with E-state index in [2.05, 4.69) is 10.6 Å². The number of nitrogens with one attached hydrogen (secondary N) is 2. The van der Waals surface area contributed by atoms with Gasteiger partial charge in [0.1, 0.15) is 0 Å². The molecule has 2 aliphatic rings. The third kappa shape index (κ3) is 4.09. The standard InChI is InChI=1S/C26H29N3O2/c1-29-14-13-18(15-25(29)30)19-11-12-23(21-10-6-5-9-20(19)21)27-26(31)28-24-16-22(24)17-7-3-2-4-8-17/h5-6,9-15,17,22,24H,2-4,7-8,16H2,1H3,(H2,27,28,31). The van der Waals surface area contributed by atoms with Crippen LogP contribution in [0.2, 0.25) is 0 Å². The number of hydrogen-bond donors (Lipinski definition) is 2. The highest BCUT2D eigenvalue weighted by Gasteiger charge is 2.43. The van der Waals surface area contributed by atoms with Gasteiger partial charge in [-0.3, -0.25) is 4.79 Å². The molecule has 0 bridgehead atoms. The van der Waals surface area contributed by atoms with Crippen molar-refractivity contribution < 1.29 is 4.79 Å². The van der Waals surface area contributed by atoms with Gasteiger partial charge in [0.05, 0.1) is 5.69 Å². The Morgan fingerprint density at radius 1 is 1.00 bits per heavy atom. The van der Waals surface area contributed by atoms with Crippen LogP contribution in [-0.2, 0) is 7.05 Å². The zero-order chi connectivity index (χ0) is 21.4. The molecule has 2 amide bonds. The van der Waals surface area contributed by atoms with Gasteiger partial charge in [-0.05, 0) is 46.9 Å². The molecule has 2 N–H and O–H groups in total. The second-order valence-corrected chi connectivity index (χ2v) is 9.07. The van der Waals surface area contributed by atoms with Crippen LogP contribution in [0.5, 0.6) is 0 Å². The number of nitrogens with zero attached hydrogens (tertiary/aromatic N) is 1. The molecule has 0 radical (unpaired) electrons. The van der Waals surface area contributed by atoms with Crippen LogP contribution < -0.4 is 16.2 Å². The molecule has 0 aliphatic heterocycles. The number of aromatic nitrogens is 1. The summed E-state index contributed by atoms with van der Waals surface area (Å²) >= 11 is 0. The van der Waals surface area contributed by atoms with Crippen molar-refractivity contribution in [1.82, 2.24) is 9.88 Å². The van der Waals surface area contributed by atoms with Crippen molar-refractivity contribution in [2.24, 2.45) is 18.9 Å². The van der Waals surface area contributed by atoms with Crippen molar-refractivity contribution in [1.29, 1.82) is 0 Å². The van der Waals surface area contributed by atoms with Gasteiger partial charge in [0.15, 0.2) is 0 Å². The molecule has 31 heavy (non-hydrogen) atoms. The average molecular weight is 416 g/mol. The third-order valence-electron chi connectivity index (χ3n) is 7.00. The number of amides is 2. The highest BCUT2D eigenvalue weighted by molar-refractivity contribution is 6.07. The minimum atomic E-state index is -0.130. The van der Waals surface area contributed by atoms with Gasteiger partial charge in [-0.25, -0.2) is 4.79 Å². The first-order valence-corrected chi connectivity index (χ1v) is 11.4. The van der Waals surface area contributed by atoms with Crippen LogP contribution in [0.25, 0.3) is 21.9 Å². The van der Waals surface area contributed by atoms with Crippen LogP contribution >= 0.6 is 0 Å². The van der Waals surface area contributed by atoms with Crippen LogP contribution in [-0.4, -0.2) is 16.6 Å². The van der Waals surface area contributed by atoms with E-state index in [-0.39, 0.29) is 11.6 Å². The summed E-state index contributed by atoms with van der Waals surface area (Å²) < 4.78 is 1.56. The molecule has 160 valence electrons. The summed E-state index contributed by atoms with van der Waals surface area (Å²) in [5.74, 6) is 1.45. The van der Waals surface area contributed by atoms with Gasteiger partial charge in [-0.1, -0.05) is 62.4 Å². The van der Waals surface area contributed by atoms with E-state index in [1.54, 1.807) is 23.9 Å². The SMILES string of the molecule is Cn1ccc(-c2ccc(NC(=O)NC3CC3C3CCCCC3)c3ccccc23)cc1=O. The molecule has 3 aromatic rings. The molecule has 2 aliphatic carbocycles. The molecular formula is C26H29N3O2. The molecule has 2 fully saturated rings. The number of pyridine rings is 1. The van der Waals surface area contributed by atoms with Gasteiger partial charge in [-0.15, -0.1) is 0 Å². The Labute approximate surface area is 182 Å². The summed E-state index contributed by atoms with van der Waals surface area (Å²) in [6, 6.07) is 15.7. The first kappa shape index (κ1) is 19.9. The fourth-order valence-electron chi connectivity index (χ4n) is 5.17. The van der Waals surface area contributed by atoms with Crippen LogP contribution in [0.3, 0.4) is 0 Å². The quantitative estimate of drug-likeness (QED) is 0.608. The number of fused-ring (bicyclic) bond motifs is 1. The Kier molecular flexibility index (Phi) is 5.26. The lowest BCUT2D eigenvalue weighted by molar-refractivity contribution is 0.249. The number of hydrogen-bond acceptors (Lipinski definition) is 2. The summed E-state index contributed by atoms with van der Waals surface area (Å²) in [5.41, 5.74) is 2.61. The lowest BCUT2D eigenvalue weighted by Gasteiger charge is -2.21. The van der Waals surface area contributed by atoms with E-state index in [9.17, 15) is 9.59 Å². The van der Waals surface area contributed by atoms with Gasteiger partial charge in [0, 0.05) is 30.7 Å². The normalized spacial score (nSPS) is 21.1. The molecule has 1 heterocycles. The Morgan fingerprint density at radius 2 is 1.77 bits per heavy atom. The molecule has 5 nitrogen and oxygen atoms in total. The lowest BCUT2D eigenvalue weighted by atomic mass is 9.85. The number of rotatable bonds is 4. The van der Waals surface area contributed by atoms with E-state index in [0.717, 1.165) is 39.9 Å². The van der Waals surface area contributed by atoms with Crippen molar-refractivity contribution in [2.45, 2.75) is 44.6 Å². The fraction of sp³-hybridized carbons (Fsp3) is 0.385.